The summed E-state index contributed by atoms with van der Waals surface area (Å²) in [5, 5.41) is 0.838. The summed E-state index contributed by atoms with van der Waals surface area (Å²) >= 11 is 15.6. The molecule has 6 nitrogen and oxygen atoms in total. The smallest absolute Gasteiger partial charge is 0.343 e. The molecule has 0 unspecified atom stereocenters. The molecule has 9 heteroatoms. The van der Waals surface area contributed by atoms with Gasteiger partial charge in [0.25, 0.3) is 11.8 Å². The van der Waals surface area contributed by atoms with Gasteiger partial charge in [0, 0.05) is 10.0 Å². The van der Waals surface area contributed by atoms with E-state index in [4.69, 9.17) is 27.9 Å². The first-order valence-corrected chi connectivity index (χ1v) is 13.3. The number of hydrogen-bond acceptors (Lipinski definition) is 4. The SMILES string of the molecule is O=C1C(=Cc2cc(Br)ccc2OCc2ccc(Cl)c(Cl)c2)C(=O)N(c2ccccc2)C(=O)N1c1ccccc1. The quantitative estimate of drug-likeness (QED) is 0.162. The summed E-state index contributed by atoms with van der Waals surface area (Å²) < 4.78 is 6.76. The van der Waals surface area contributed by atoms with Crippen molar-refractivity contribution in [3.63, 3.8) is 0 Å². The molecule has 39 heavy (non-hydrogen) atoms. The van der Waals surface area contributed by atoms with Crippen molar-refractivity contribution in [3.05, 3.63) is 128 Å². The fourth-order valence-corrected chi connectivity index (χ4v) is 4.75. The van der Waals surface area contributed by atoms with E-state index in [0.29, 0.717) is 37.2 Å². The maximum atomic E-state index is 13.7. The lowest BCUT2D eigenvalue weighted by atomic mass is 10.0. The Balaban J connectivity index is 1.57. The maximum Gasteiger partial charge on any atom is 0.343 e. The van der Waals surface area contributed by atoms with Gasteiger partial charge in [0.2, 0.25) is 0 Å². The van der Waals surface area contributed by atoms with E-state index >= 15 is 0 Å². The lowest BCUT2D eigenvalue weighted by Gasteiger charge is -2.34. The van der Waals surface area contributed by atoms with Gasteiger partial charge in [0.15, 0.2) is 0 Å². The fourth-order valence-electron chi connectivity index (χ4n) is 4.05. The Kier molecular flexibility index (Phi) is 7.84. The van der Waals surface area contributed by atoms with Crippen molar-refractivity contribution in [3.8, 4) is 5.75 Å². The number of halogens is 3. The Morgan fingerprint density at radius 2 is 1.31 bits per heavy atom. The second kappa shape index (κ2) is 11.5. The zero-order chi connectivity index (χ0) is 27.5. The lowest BCUT2D eigenvalue weighted by molar-refractivity contribution is -0.121. The minimum atomic E-state index is -0.759. The van der Waals surface area contributed by atoms with Crippen molar-refractivity contribution in [1.82, 2.24) is 0 Å². The summed E-state index contributed by atoms with van der Waals surface area (Å²) in [6, 6.07) is 26.6. The van der Waals surface area contributed by atoms with E-state index in [2.05, 4.69) is 15.9 Å². The molecule has 194 valence electrons. The second-order valence-electron chi connectivity index (χ2n) is 8.51. The molecule has 1 fully saturated rings. The molecule has 4 aromatic carbocycles. The minimum Gasteiger partial charge on any atom is -0.488 e. The third-order valence-electron chi connectivity index (χ3n) is 5.93. The number of carbonyl (C=O) groups excluding carboxylic acids is 3. The molecule has 0 atom stereocenters. The maximum absolute atomic E-state index is 13.7. The first-order chi connectivity index (χ1) is 18.8. The minimum absolute atomic E-state index is 0.168. The molecule has 0 bridgehead atoms. The number of nitrogens with zero attached hydrogens (tertiary/aromatic N) is 2. The molecule has 0 saturated carbocycles. The highest BCUT2D eigenvalue weighted by molar-refractivity contribution is 9.10. The number of imide groups is 2. The molecule has 0 radical (unpaired) electrons. The van der Waals surface area contributed by atoms with E-state index in [-0.39, 0.29) is 12.2 Å². The number of benzene rings is 4. The van der Waals surface area contributed by atoms with Gasteiger partial charge < -0.3 is 4.74 Å². The Morgan fingerprint density at radius 3 is 1.87 bits per heavy atom. The Labute approximate surface area is 243 Å². The molecule has 0 aromatic heterocycles. The average Bonchev–Trinajstić information content (AvgIpc) is 2.93. The van der Waals surface area contributed by atoms with Gasteiger partial charge >= 0.3 is 6.03 Å². The molecule has 4 amide bonds. The van der Waals surface area contributed by atoms with Crippen LogP contribution >= 0.6 is 39.1 Å². The monoisotopic (exact) mass is 620 g/mol. The van der Waals surface area contributed by atoms with Crippen LogP contribution in [-0.2, 0) is 16.2 Å². The molecule has 0 aliphatic carbocycles. The summed E-state index contributed by atoms with van der Waals surface area (Å²) in [7, 11) is 0. The number of para-hydroxylation sites is 2. The molecule has 0 N–H and O–H groups in total. The van der Waals surface area contributed by atoms with E-state index in [9.17, 15) is 14.4 Å². The van der Waals surface area contributed by atoms with Crippen LogP contribution in [0.3, 0.4) is 0 Å². The third kappa shape index (κ3) is 5.61. The van der Waals surface area contributed by atoms with E-state index in [1.54, 1.807) is 97.1 Å². The van der Waals surface area contributed by atoms with Crippen LogP contribution in [0.4, 0.5) is 16.2 Å². The van der Waals surface area contributed by atoms with Gasteiger partial charge in [0.1, 0.15) is 17.9 Å². The van der Waals surface area contributed by atoms with Crippen molar-refractivity contribution in [2.75, 3.05) is 9.80 Å². The number of rotatable bonds is 6. The van der Waals surface area contributed by atoms with E-state index in [0.717, 1.165) is 15.4 Å². The zero-order valence-electron chi connectivity index (χ0n) is 20.2. The third-order valence-corrected chi connectivity index (χ3v) is 7.16. The van der Waals surface area contributed by atoms with Crippen LogP contribution in [0.25, 0.3) is 6.08 Å². The van der Waals surface area contributed by atoms with Crippen LogP contribution in [0, 0.1) is 0 Å². The molecule has 1 aliphatic heterocycles. The molecular formula is C30H19BrCl2N2O4. The van der Waals surface area contributed by atoms with Gasteiger partial charge in [0.05, 0.1) is 21.4 Å². The van der Waals surface area contributed by atoms with Crippen LogP contribution in [0.2, 0.25) is 10.0 Å². The predicted octanol–water partition coefficient (Wildman–Crippen LogP) is 7.92. The first kappa shape index (κ1) is 26.7. The van der Waals surface area contributed by atoms with Crippen molar-refractivity contribution in [2.24, 2.45) is 0 Å². The molecular weight excluding hydrogens is 603 g/mol. The number of ether oxygens (including phenoxy) is 1. The Bertz CT molecular complexity index is 1550. The molecule has 4 aromatic rings. The van der Waals surface area contributed by atoms with Gasteiger partial charge in [-0.05, 0) is 66.2 Å². The zero-order valence-corrected chi connectivity index (χ0v) is 23.3. The molecule has 1 saturated heterocycles. The predicted molar refractivity (Wildman–Crippen MR) is 156 cm³/mol. The number of hydrogen-bond donors (Lipinski definition) is 0. The average molecular weight is 622 g/mol. The summed E-state index contributed by atoms with van der Waals surface area (Å²) in [5.74, 6) is -1.05. The van der Waals surface area contributed by atoms with E-state index in [1.807, 2.05) is 0 Å². The van der Waals surface area contributed by atoms with Crippen LogP contribution in [-0.4, -0.2) is 17.8 Å². The van der Waals surface area contributed by atoms with Gasteiger partial charge in [-0.15, -0.1) is 0 Å². The van der Waals surface area contributed by atoms with Crippen LogP contribution in [0.5, 0.6) is 5.75 Å². The highest BCUT2D eigenvalue weighted by atomic mass is 79.9. The van der Waals surface area contributed by atoms with Gasteiger partial charge in [-0.1, -0.05) is 81.6 Å². The lowest BCUT2D eigenvalue weighted by Crippen LogP contribution is -2.57. The number of barbiturate groups is 1. The summed E-state index contributed by atoms with van der Waals surface area (Å²) in [6.45, 7) is 0.168. The number of urea groups is 1. The van der Waals surface area contributed by atoms with Gasteiger partial charge in [-0.2, -0.15) is 0 Å². The summed E-state index contributed by atoms with van der Waals surface area (Å²) in [5.41, 5.74) is 1.75. The molecule has 0 spiro atoms. The van der Waals surface area contributed by atoms with Gasteiger partial charge in [-0.25, -0.2) is 14.6 Å². The van der Waals surface area contributed by atoms with Crippen LogP contribution < -0.4 is 14.5 Å². The van der Waals surface area contributed by atoms with E-state index in [1.165, 1.54) is 6.08 Å². The fraction of sp³-hybridized carbons (Fsp3) is 0.0333. The van der Waals surface area contributed by atoms with Crippen LogP contribution in [0.1, 0.15) is 11.1 Å². The van der Waals surface area contributed by atoms with Crippen molar-refractivity contribution >= 4 is 74.4 Å². The van der Waals surface area contributed by atoms with Crippen molar-refractivity contribution in [2.45, 2.75) is 6.61 Å². The topological polar surface area (TPSA) is 66.9 Å². The van der Waals surface area contributed by atoms with E-state index < -0.39 is 17.8 Å². The highest BCUT2D eigenvalue weighted by Crippen LogP contribution is 2.32. The normalized spacial score (nSPS) is 13.6. The number of amides is 4. The molecule has 5 rings (SSSR count). The number of anilines is 2. The second-order valence-corrected chi connectivity index (χ2v) is 10.2. The summed E-state index contributed by atoms with van der Waals surface area (Å²) in [6.07, 6.45) is 1.44. The Morgan fingerprint density at radius 1 is 0.718 bits per heavy atom. The first-order valence-electron chi connectivity index (χ1n) is 11.7. The Hall–Kier alpha value is -3.91. The molecule has 1 heterocycles. The highest BCUT2D eigenvalue weighted by Gasteiger charge is 2.43. The standard InChI is InChI=1S/C30H19BrCl2N2O4/c31-21-12-14-27(39-18-19-11-13-25(32)26(33)15-19)20(16-21)17-24-28(36)34(22-7-3-1-4-8-22)30(38)35(29(24)37)23-9-5-2-6-10-23/h1-17H,18H2. The largest absolute Gasteiger partial charge is 0.488 e. The van der Waals surface area contributed by atoms with Gasteiger partial charge in [-0.3, -0.25) is 9.59 Å². The summed E-state index contributed by atoms with van der Waals surface area (Å²) in [4.78, 5) is 42.9. The van der Waals surface area contributed by atoms with Crippen molar-refractivity contribution < 1.29 is 19.1 Å². The number of carbonyl (C=O) groups is 3. The molecule has 1 aliphatic rings. The van der Waals surface area contributed by atoms with Crippen LogP contribution in [0.15, 0.2) is 107 Å². The van der Waals surface area contributed by atoms with Crippen molar-refractivity contribution in [1.29, 1.82) is 0 Å².